The molecule has 0 spiro atoms. The third kappa shape index (κ3) is 4.56. The Morgan fingerprint density at radius 2 is 2.05 bits per heavy atom. The number of rotatable bonds is 9. The molecular weight excluding hydrogens is 503 g/mol. The van der Waals surface area contributed by atoms with Crippen molar-refractivity contribution in [2.45, 2.75) is 45.7 Å². The summed E-state index contributed by atoms with van der Waals surface area (Å²) >= 11 is 1.24. The first kappa shape index (κ1) is 26.6. The molecule has 10 nitrogen and oxygen atoms in total. The van der Waals surface area contributed by atoms with E-state index < -0.39 is 35.7 Å². The number of carbonyl (C=O) groups is 2. The van der Waals surface area contributed by atoms with Crippen LogP contribution in [-0.4, -0.2) is 68.9 Å². The molecule has 0 fully saturated rings. The summed E-state index contributed by atoms with van der Waals surface area (Å²) in [7, 11) is 1.46. The van der Waals surface area contributed by atoms with E-state index in [9.17, 15) is 24.2 Å². The lowest BCUT2D eigenvalue weighted by Crippen LogP contribution is -2.65. The van der Waals surface area contributed by atoms with E-state index in [2.05, 4.69) is 5.10 Å². The van der Waals surface area contributed by atoms with Gasteiger partial charge >= 0.3 is 5.97 Å². The normalized spacial score (nSPS) is 16.6. The molecule has 2 aromatic heterocycles. The van der Waals surface area contributed by atoms with Crippen LogP contribution in [0.25, 0.3) is 5.00 Å². The minimum absolute atomic E-state index is 0.0280. The number of benzene rings is 1. The molecule has 3 heterocycles. The van der Waals surface area contributed by atoms with E-state index in [-0.39, 0.29) is 18.7 Å². The summed E-state index contributed by atoms with van der Waals surface area (Å²) in [5.41, 5.74) is -0.478. The van der Waals surface area contributed by atoms with Gasteiger partial charge in [-0.2, -0.15) is 5.10 Å². The second-order valence-electron chi connectivity index (χ2n) is 9.03. The number of aromatic nitrogens is 2. The molecule has 0 saturated carbocycles. The van der Waals surface area contributed by atoms with Crippen LogP contribution in [0.5, 0.6) is 5.75 Å². The number of hydrogen-bond donors (Lipinski definition) is 2. The lowest BCUT2D eigenvalue weighted by Gasteiger charge is -2.47. The molecule has 1 aromatic carbocycles. The Kier molecular flexibility index (Phi) is 7.27. The smallest absolute Gasteiger partial charge is 0.329 e. The third-order valence-corrected chi connectivity index (χ3v) is 7.73. The molecule has 1 unspecified atom stereocenters. The first-order chi connectivity index (χ1) is 17.5. The van der Waals surface area contributed by atoms with Crippen molar-refractivity contribution in [3.05, 3.63) is 59.2 Å². The fourth-order valence-electron chi connectivity index (χ4n) is 4.42. The van der Waals surface area contributed by atoms with Crippen LogP contribution >= 0.6 is 11.3 Å². The maximum atomic E-state index is 14.3. The predicted octanol–water partition coefficient (Wildman–Crippen LogP) is 3.57. The van der Waals surface area contributed by atoms with Crippen LogP contribution in [0.3, 0.4) is 0 Å². The largest absolute Gasteiger partial charge is 0.496 e. The maximum absolute atomic E-state index is 14.3. The highest BCUT2D eigenvalue weighted by molar-refractivity contribution is 7.19. The quantitative estimate of drug-likeness (QED) is 0.430. The average Bonchev–Trinajstić information content (AvgIpc) is 3.49. The minimum Gasteiger partial charge on any atom is -0.496 e. The summed E-state index contributed by atoms with van der Waals surface area (Å²) in [6.45, 7) is 6.48. The molecule has 4 rings (SSSR count). The Morgan fingerprint density at radius 1 is 1.32 bits per heavy atom. The topological polar surface area (TPSA) is 117 Å². The zero-order valence-corrected chi connectivity index (χ0v) is 22.0. The number of carboxylic acids is 1. The SMILES string of the molecule is CCO[C@@H](CN1c2sc(-n3cccn3)c(C)c2C(=O)N(C(C)(C)C(=O)O)C1O)c1cc(F)ccc1OC. The van der Waals surface area contributed by atoms with Gasteiger partial charge in [0.15, 0.2) is 0 Å². The van der Waals surface area contributed by atoms with Gasteiger partial charge in [-0.25, -0.2) is 13.9 Å². The van der Waals surface area contributed by atoms with Gasteiger partial charge in [-0.15, -0.1) is 0 Å². The van der Waals surface area contributed by atoms with Gasteiger partial charge in [0.05, 0.1) is 19.2 Å². The summed E-state index contributed by atoms with van der Waals surface area (Å²) in [4.78, 5) is 28.3. The number of aliphatic hydroxyl groups is 1. The van der Waals surface area contributed by atoms with Crippen molar-refractivity contribution in [1.82, 2.24) is 14.7 Å². The van der Waals surface area contributed by atoms with Gasteiger partial charge in [0, 0.05) is 30.1 Å². The van der Waals surface area contributed by atoms with Crippen LogP contribution in [0.1, 0.15) is 48.4 Å². The lowest BCUT2D eigenvalue weighted by molar-refractivity contribution is -0.154. The lowest BCUT2D eigenvalue weighted by atomic mass is 9.98. The van der Waals surface area contributed by atoms with Crippen LogP contribution in [-0.2, 0) is 9.53 Å². The molecule has 1 aliphatic rings. The number of anilines is 1. The fourth-order valence-corrected chi connectivity index (χ4v) is 5.69. The molecule has 12 heteroatoms. The highest BCUT2D eigenvalue weighted by Gasteiger charge is 2.50. The first-order valence-corrected chi connectivity index (χ1v) is 12.4. The van der Waals surface area contributed by atoms with Crippen molar-refractivity contribution in [2.75, 3.05) is 25.2 Å². The molecule has 1 amide bonds. The van der Waals surface area contributed by atoms with E-state index >= 15 is 0 Å². The molecule has 198 valence electrons. The molecule has 0 radical (unpaired) electrons. The van der Waals surface area contributed by atoms with Gasteiger partial charge in [-0.1, -0.05) is 11.3 Å². The maximum Gasteiger partial charge on any atom is 0.329 e. The summed E-state index contributed by atoms with van der Waals surface area (Å²) < 4.78 is 27.3. The molecule has 0 aliphatic carbocycles. The van der Waals surface area contributed by atoms with Crippen LogP contribution in [0.2, 0.25) is 0 Å². The first-order valence-electron chi connectivity index (χ1n) is 11.6. The molecule has 2 N–H and O–H groups in total. The second-order valence-corrected chi connectivity index (χ2v) is 10.0. The molecule has 2 atom stereocenters. The van der Waals surface area contributed by atoms with Crippen molar-refractivity contribution in [2.24, 2.45) is 0 Å². The van der Waals surface area contributed by atoms with Crippen LogP contribution in [0, 0.1) is 12.7 Å². The monoisotopic (exact) mass is 532 g/mol. The van der Waals surface area contributed by atoms with E-state index in [1.165, 1.54) is 55.4 Å². The molecule has 3 aromatic rings. The number of fused-ring (bicyclic) bond motifs is 1. The highest BCUT2D eigenvalue weighted by Crippen LogP contribution is 2.45. The van der Waals surface area contributed by atoms with E-state index in [1.54, 1.807) is 37.0 Å². The Labute approximate surface area is 217 Å². The minimum atomic E-state index is -1.75. The van der Waals surface area contributed by atoms with Crippen molar-refractivity contribution >= 4 is 28.2 Å². The summed E-state index contributed by atoms with van der Waals surface area (Å²) in [5.74, 6) is -1.99. The summed E-state index contributed by atoms with van der Waals surface area (Å²) in [6, 6.07) is 5.81. The van der Waals surface area contributed by atoms with Gasteiger partial charge in [0.25, 0.3) is 5.91 Å². The third-order valence-electron chi connectivity index (χ3n) is 6.41. The van der Waals surface area contributed by atoms with E-state index in [0.29, 0.717) is 26.9 Å². The van der Waals surface area contributed by atoms with E-state index in [0.717, 1.165) is 4.90 Å². The number of carbonyl (C=O) groups excluding carboxylic acids is 1. The van der Waals surface area contributed by atoms with Gasteiger partial charge in [-0.05, 0) is 52.0 Å². The van der Waals surface area contributed by atoms with Gasteiger partial charge < -0.3 is 24.6 Å². The predicted molar refractivity (Wildman–Crippen MR) is 135 cm³/mol. The number of thiophene rings is 1. The van der Waals surface area contributed by atoms with Crippen molar-refractivity contribution in [3.63, 3.8) is 0 Å². The highest BCUT2D eigenvalue weighted by atomic mass is 32.1. The van der Waals surface area contributed by atoms with Crippen LogP contribution in [0.15, 0.2) is 36.7 Å². The molecule has 1 aliphatic heterocycles. The number of methoxy groups -OCH3 is 1. The number of aliphatic carboxylic acids is 1. The number of nitrogens with zero attached hydrogens (tertiary/aromatic N) is 4. The average molecular weight is 533 g/mol. The Balaban J connectivity index is 1.89. The van der Waals surface area contributed by atoms with Crippen LogP contribution in [0.4, 0.5) is 9.39 Å². The van der Waals surface area contributed by atoms with Crippen LogP contribution < -0.4 is 9.64 Å². The number of hydrogen-bond acceptors (Lipinski definition) is 8. The van der Waals surface area contributed by atoms with Crippen molar-refractivity contribution < 1.29 is 33.7 Å². The standard InChI is InChI=1S/C25H29FN4O6S/c1-6-36-18(16-12-15(26)8-9-17(16)35-5)13-28-22-19(14(2)21(37-22)29-11-7-10-27-29)20(31)30(24(28)34)25(3,4)23(32)33/h7-12,18,24,34H,6,13H2,1-5H3,(H,32,33)/t18-,24?/m0/s1. The van der Waals surface area contributed by atoms with Gasteiger partial charge in [-0.3, -0.25) is 9.69 Å². The zero-order chi connectivity index (χ0) is 27.1. The van der Waals surface area contributed by atoms with E-state index in [4.69, 9.17) is 9.47 Å². The van der Waals surface area contributed by atoms with Gasteiger partial charge in [0.2, 0.25) is 6.35 Å². The summed E-state index contributed by atoms with van der Waals surface area (Å²) in [6.07, 6.45) is 0.914. The zero-order valence-electron chi connectivity index (χ0n) is 21.1. The van der Waals surface area contributed by atoms with E-state index in [1.807, 2.05) is 0 Å². The number of amides is 1. The Bertz CT molecular complexity index is 1310. The number of aliphatic hydroxyl groups excluding tert-OH is 1. The molecule has 37 heavy (non-hydrogen) atoms. The van der Waals surface area contributed by atoms with Gasteiger partial charge in [0.1, 0.15) is 33.2 Å². The molecule has 0 bridgehead atoms. The Hall–Kier alpha value is -3.48. The van der Waals surface area contributed by atoms with Crippen molar-refractivity contribution in [3.8, 4) is 10.8 Å². The van der Waals surface area contributed by atoms with Crippen molar-refractivity contribution in [1.29, 1.82) is 0 Å². The molecule has 0 saturated heterocycles. The Morgan fingerprint density at radius 3 is 2.65 bits per heavy atom. The molecular formula is C25H29FN4O6S. The fraction of sp³-hybridized carbons (Fsp3) is 0.400. The second kappa shape index (κ2) is 10.1. The number of carboxylic acid groups (broad SMARTS) is 1. The number of ether oxygens (including phenoxy) is 2. The number of halogens is 1. The summed E-state index contributed by atoms with van der Waals surface area (Å²) in [5, 5.41) is 26.8.